The molecule has 0 spiro atoms. The minimum atomic E-state index is -0.231. The Hall–Kier alpha value is -3.41. The maximum absolute atomic E-state index is 13.5. The number of aryl methyl sites for hydroxylation is 1. The molecule has 0 fully saturated rings. The highest BCUT2D eigenvalue weighted by Crippen LogP contribution is 2.30. The second-order valence-corrected chi connectivity index (χ2v) is 15.2. The van der Waals surface area contributed by atoms with Crippen molar-refractivity contribution >= 4 is 33.7 Å². The van der Waals surface area contributed by atoms with E-state index in [0.29, 0.717) is 25.3 Å². The zero-order valence-corrected chi connectivity index (χ0v) is 31.5. The van der Waals surface area contributed by atoms with Gasteiger partial charge in [0.05, 0.1) is 11.0 Å². The first kappa shape index (κ1) is 38.4. The van der Waals surface area contributed by atoms with Gasteiger partial charge in [0.15, 0.2) is 5.82 Å². The minimum Gasteiger partial charge on any atom is -0.382 e. The summed E-state index contributed by atoms with van der Waals surface area (Å²) < 4.78 is 2.34. The first-order valence-electron chi connectivity index (χ1n) is 19.6. The molecule has 4 aromatic rings. The topological polar surface area (TPSA) is 77.0 Å². The first-order valence-corrected chi connectivity index (χ1v) is 19.6. The van der Waals surface area contributed by atoms with Crippen LogP contribution in [0.4, 0.5) is 5.82 Å². The molecule has 0 aliphatic heterocycles. The molecule has 4 rings (SSSR count). The number of pyridine rings is 1. The standard InChI is InChI=1S/C43H65N5O/c1-6-8-10-11-12-13-14-15-16-17-18-19-20-21-27-39(49)48(43(3,4)5)33-35-30-28-34(29-31-35)32-47-38(26-9-7-2)46-40-41(47)36-24-22-23-25-37(36)45-42(40)44/h22-25,28-31H,6-21,26-27,32-33H2,1-5H3,(H2,44,45). The highest BCUT2D eigenvalue weighted by atomic mass is 16.2. The summed E-state index contributed by atoms with van der Waals surface area (Å²) in [6.45, 7) is 12.3. The van der Waals surface area contributed by atoms with Crippen LogP contribution in [0.25, 0.3) is 21.9 Å². The largest absolute Gasteiger partial charge is 0.382 e. The van der Waals surface area contributed by atoms with Gasteiger partial charge in [0.25, 0.3) is 0 Å². The van der Waals surface area contributed by atoms with Crippen LogP contribution >= 0.6 is 0 Å². The lowest BCUT2D eigenvalue weighted by Gasteiger charge is -2.36. The number of nitrogens with zero attached hydrogens (tertiary/aromatic N) is 4. The number of fused-ring (bicyclic) bond motifs is 3. The molecule has 268 valence electrons. The average Bonchev–Trinajstić information content (AvgIpc) is 3.45. The SMILES string of the molecule is CCCCCCCCCCCCCCCCC(=O)N(Cc1ccc(Cn2c(CCCC)nc3c(N)nc4ccccc4c32)cc1)C(C)(C)C. The third-order valence-electron chi connectivity index (χ3n) is 10.0. The zero-order chi connectivity index (χ0) is 35.1. The number of carbonyl (C=O) groups is 1. The smallest absolute Gasteiger partial charge is 0.223 e. The summed E-state index contributed by atoms with van der Waals surface area (Å²) in [5, 5.41) is 1.08. The van der Waals surface area contributed by atoms with E-state index in [0.717, 1.165) is 65.4 Å². The zero-order valence-electron chi connectivity index (χ0n) is 31.5. The predicted octanol–water partition coefficient (Wildman–Crippen LogP) is 11.6. The molecule has 49 heavy (non-hydrogen) atoms. The van der Waals surface area contributed by atoms with E-state index >= 15 is 0 Å². The Labute approximate surface area is 297 Å². The number of hydrogen-bond donors (Lipinski definition) is 1. The summed E-state index contributed by atoms with van der Waals surface area (Å²) in [6.07, 6.45) is 22.3. The van der Waals surface area contributed by atoms with Gasteiger partial charge in [0, 0.05) is 36.9 Å². The molecule has 2 aromatic carbocycles. The fourth-order valence-electron chi connectivity index (χ4n) is 7.02. The lowest BCUT2D eigenvalue weighted by Crippen LogP contribution is -2.45. The summed E-state index contributed by atoms with van der Waals surface area (Å²) >= 11 is 0. The summed E-state index contributed by atoms with van der Waals surface area (Å²) in [4.78, 5) is 25.2. The Bertz CT molecular complexity index is 1570. The van der Waals surface area contributed by atoms with Crippen molar-refractivity contribution in [2.24, 2.45) is 0 Å². The lowest BCUT2D eigenvalue weighted by molar-refractivity contribution is -0.136. The number of nitrogen functional groups attached to an aromatic ring is 1. The number of aromatic nitrogens is 3. The number of amides is 1. The van der Waals surface area contributed by atoms with Gasteiger partial charge in [-0.2, -0.15) is 0 Å². The van der Waals surface area contributed by atoms with E-state index in [1.54, 1.807) is 0 Å². The molecule has 0 bridgehead atoms. The van der Waals surface area contributed by atoms with Gasteiger partial charge >= 0.3 is 0 Å². The van der Waals surface area contributed by atoms with Crippen molar-refractivity contribution in [2.75, 3.05) is 5.73 Å². The second kappa shape index (κ2) is 19.7. The van der Waals surface area contributed by atoms with Crippen molar-refractivity contribution < 1.29 is 4.79 Å². The van der Waals surface area contributed by atoms with Gasteiger partial charge in [-0.1, -0.05) is 146 Å². The molecular formula is C43H65N5O. The summed E-state index contributed by atoms with van der Waals surface area (Å²) in [5.74, 6) is 1.80. The number of benzene rings is 2. The Morgan fingerprint density at radius 3 is 1.86 bits per heavy atom. The molecule has 2 heterocycles. The number of imidazole rings is 1. The number of nitrogens with two attached hydrogens (primary N) is 1. The van der Waals surface area contributed by atoms with Crippen molar-refractivity contribution in [3.05, 3.63) is 65.5 Å². The number of anilines is 1. The third kappa shape index (κ3) is 11.6. The molecule has 0 saturated heterocycles. The van der Waals surface area contributed by atoms with Crippen LogP contribution in [0, 0.1) is 0 Å². The minimum absolute atomic E-state index is 0.231. The summed E-state index contributed by atoms with van der Waals surface area (Å²) in [7, 11) is 0. The number of para-hydroxylation sites is 1. The van der Waals surface area contributed by atoms with E-state index in [9.17, 15) is 4.79 Å². The van der Waals surface area contributed by atoms with Gasteiger partial charge < -0.3 is 15.2 Å². The second-order valence-electron chi connectivity index (χ2n) is 15.2. The van der Waals surface area contributed by atoms with Crippen molar-refractivity contribution in [1.29, 1.82) is 0 Å². The molecule has 0 aliphatic carbocycles. The van der Waals surface area contributed by atoms with E-state index in [1.807, 2.05) is 12.1 Å². The lowest BCUT2D eigenvalue weighted by atomic mass is 10.0. The molecule has 6 heteroatoms. The first-order chi connectivity index (χ1) is 23.7. The molecule has 0 unspecified atom stereocenters. The Morgan fingerprint density at radius 1 is 0.714 bits per heavy atom. The predicted molar refractivity (Wildman–Crippen MR) is 209 cm³/mol. The van der Waals surface area contributed by atoms with Gasteiger partial charge in [-0.25, -0.2) is 9.97 Å². The average molecular weight is 668 g/mol. The Kier molecular flexibility index (Phi) is 15.4. The third-order valence-corrected chi connectivity index (χ3v) is 10.0. The van der Waals surface area contributed by atoms with Crippen LogP contribution in [0.15, 0.2) is 48.5 Å². The number of unbranched alkanes of at least 4 members (excludes halogenated alkanes) is 14. The molecule has 0 radical (unpaired) electrons. The summed E-state index contributed by atoms with van der Waals surface area (Å²) in [6, 6.07) is 17.0. The molecule has 1 amide bonds. The van der Waals surface area contributed by atoms with Crippen LogP contribution < -0.4 is 5.73 Å². The van der Waals surface area contributed by atoms with Gasteiger partial charge in [-0.05, 0) is 50.8 Å². The van der Waals surface area contributed by atoms with Crippen LogP contribution in [0.2, 0.25) is 0 Å². The van der Waals surface area contributed by atoms with Crippen LogP contribution in [-0.4, -0.2) is 30.9 Å². The highest BCUT2D eigenvalue weighted by molar-refractivity contribution is 6.06. The molecule has 0 aliphatic rings. The fourth-order valence-corrected chi connectivity index (χ4v) is 7.02. The van der Waals surface area contributed by atoms with E-state index in [2.05, 4.69) is 85.5 Å². The maximum atomic E-state index is 13.5. The van der Waals surface area contributed by atoms with Crippen molar-refractivity contribution in [2.45, 2.75) is 169 Å². The number of carbonyl (C=O) groups excluding carboxylic acids is 1. The normalized spacial score (nSPS) is 11.9. The molecule has 2 N–H and O–H groups in total. The quantitative estimate of drug-likeness (QED) is 0.0846. The summed E-state index contributed by atoms with van der Waals surface area (Å²) in [5.41, 5.74) is 11.3. The van der Waals surface area contributed by atoms with E-state index < -0.39 is 0 Å². The maximum Gasteiger partial charge on any atom is 0.223 e. The van der Waals surface area contributed by atoms with Crippen molar-refractivity contribution in [3.63, 3.8) is 0 Å². The Morgan fingerprint density at radius 2 is 1.27 bits per heavy atom. The van der Waals surface area contributed by atoms with Gasteiger partial charge in [0.2, 0.25) is 5.91 Å². The van der Waals surface area contributed by atoms with Crippen LogP contribution in [0.1, 0.15) is 161 Å². The molecular weight excluding hydrogens is 603 g/mol. The van der Waals surface area contributed by atoms with Crippen LogP contribution in [0.3, 0.4) is 0 Å². The highest BCUT2D eigenvalue weighted by Gasteiger charge is 2.26. The van der Waals surface area contributed by atoms with E-state index in [1.165, 1.54) is 82.6 Å². The van der Waals surface area contributed by atoms with Gasteiger partial charge in [-0.3, -0.25) is 4.79 Å². The fraction of sp³-hybridized carbons (Fsp3) is 0.605. The van der Waals surface area contributed by atoms with Crippen molar-refractivity contribution in [3.8, 4) is 0 Å². The van der Waals surface area contributed by atoms with Crippen LogP contribution in [-0.2, 0) is 24.3 Å². The van der Waals surface area contributed by atoms with Crippen LogP contribution in [0.5, 0.6) is 0 Å². The van der Waals surface area contributed by atoms with E-state index in [-0.39, 0.29) is 11.4 Å². The number of hydrogen-bond acceptors (Lipinski definition) is 4. The molecule has 6 nitrogen and oxygen atoms in total. The Balaban J connectivity index is 1.29. The van der Waals surface area contributed by atoms with Crippen molar-refractivity contribution in [1.82, 2.24) is 19.4 Å². The molecule has 0 atom stereocenters. The van der Waals surface area contributed by atoms with Gasteiger partial charge in [-0.15, -0.1) is 0 Å². The van der Waals surface area contributed by atoms with E-state index in [4.69, 9.17) is 10.7 Å². The van der Waals surface area contributed by atoms with Gasteiger partial charge in [0.1, 0.15) is 11.3 Å². The number of rotatable bonds is 22. The monoisotopic (exact) mass is 668 g/mol. The molecule has 0 saturated carbocycles. The molecule has 2 aromatic heterocycles.